The monoisotopic (exact) mass is 610 g/mol. The summed E-state index contributed by atoms with van der Waals surface area (Å²) in [6.45, 7) is 6.17. The minimum Gasteiger partial charge on any atom is -0.494 e. The molecule has 2 atom stereocenters. The zero-order valence-corrected chi connectivity index (χ0v) is 26.3. The highest BCUT2D eigenvalue weighted by molar-refractivity contribution is 7.13. The molecule has 230 valence electrons. The van der Waals surface area contributed by atoms with Crippen molar-refractivity contribution in [1.82, 2.24) is 15.6 Å². The van der Waals surface area contributed by atoms with Crippen LogP contribution in [0.2, 0.25) is 0 Å². The van der Waals surface area contributed by atoms with E-state index in [1.165, 1.54) is 11.1 Å². The molecule has 4 aromatic rings. The number of ether oxygens (including phenoxy) is 1. The van der Waals surface area contributed by atoms with Crippen molar-refractivity contribution < 1.29 is 14.6 Å². The van der Waals surface area contributed by atoms with Gasteiger partial charge in [-0.25, -0.2) is 4.98 Å². The third kappa shape index (κ3) is 7.32. The van der Waals surface area contributed by atoms with Crippen LogP contribution in [0.1, 0.15) is 72.5 Å². The number of carbonyl (C=O) groups excluding carboxylic acids is 1. The van der Waals surface area contributed by atoms with Gasteiger partial charge in [0.05, 0.1) is 18.8 Å². The molecule has 1 amide bonds. The number of thiazole rings is 1. The molecule has 1 aromatic heterocycles. The SMILES string of the molecule is CC(C)c1cccc(C2(NC[C@@H](O)[C@@H]3Cc4cccc(c4)OCCCCNc4cc(cc(-c5nccs5)c4)C(=O)N3)CC2)c1. The second-order valence-electron chi connectivity index (χ2n) is 12.4. The van der Waals surface area contributed by atoms with E-state index >= 15 is 0 Å². The highest BCUT2D eigenvalue weighted by Gasteiger charge is 2.44. The van der Waals surface area contributed by atoms with Crippen LogP contribution < -0.4 is 20.7 Å². The Morgan fingerprint density at radius 1 is 1.07 bits per heavy atom. The van der Waals surface area contributed by atoms with Crippen molar-refractivity contribution in [3.8, 4) is 16.3 Å². The number of nitrogens with one attached hydrogen (secondary N) is 3. The number of nitrogens with zero attached hydrogens (tertiary/aromatic N) is 1. The topological polar surface area (TPSA) is 95.5 Å². The van der Waals surface area contributed by atoms with Crippen molar-refractivity contribution in [3.05, 3.63) is 101 Å². The van der Waals surface area contributed by atoms with Gasteiger partial charge in [0.25, 0.3) is 5.91 Å². The summed E-state index contributed by atoms with van der Waals surface area (Å²) in [5.74, 6) is 1.04. The molecule has 0 radical (unpaired) electrons. The number of rotatable bonds is 7. The molecule has 0 unspecified atom stereocenters. The van der Waals surface area contributed by atoms with E-state index in [0.717, 1.165) is 59.8 Å². The number of hydrogen-bond acceptors (Lipinski definition) is 7. The Morgan fingerprint density at radius 2 is 1.91 bits per heavy atom. The normalized spacial score (nSPS) is 19.0. The van der Waals surface area contributed by atoms with Crippen LogP contribution in [0.15, 0.2) is 78.3 Å². The number of hydrogen-bond donors (Lipinski definition) is 4. The Labute approximate surface area is 264 Å². The molecule has 3 aromatic carbocycles. The summed E-state index contributed by atoms with van der Waals surface area (Å²) in [7, 11) is 0. The number of aromatic nitrogens is 1. The largest absolute Gasteiger partial charge is 0.494 e. The molecular formula is C36H42N4O3S. The first-order chi connectivity index (χ1) is 21.4. The lowest BCUT2D eigenvalue weighted by Crippen LogP contribution is -2.50. The maximum atomic E-state index is 13.9. The van der Waals surface area contributed by atoms with Crippen molar-refractivity contribution in [1.29, 1.82) is 0 Å². The number of benzene rings is 3. The second-order valence-corrected chi connectivity index (χ2v) is 13.3. The summed E-state index contributed by atoms with van der Waals surface area (Å²) in [4.78, 5) is 18.3. The average molecular weight is 611 g/mol. The molecule has 1 aliphatic carbocycles. The van der Waals surface area contributed by atoms with Gasteiger partial charge in [-0.3, -0.25) is 4.79 Å². The molecule has 1 aliphatic heterocycles. The highest BCUT2D eigenvalue weighted by atomic mass is 32.1. The lowest BCUT2D eigenvalue weighted by Gasteiger charge is -2.28. The molecule has 0 spiro atoms. The fraction of sp³-hybridized carbons (Fsp3) is 0.389. The molecule has 6 rings (SSSR count). The first kappa shape index (κ1) is 30.3. The summed E-state index contributed by atoms with van der Waals surface area (Å²) in [5.41, 5.74) is 5.76. The van der Waals surface area contributed by atoms with Crippen molar-refractivity contribution in [2.45, 2.75) is 69.6 Å². The van der Waals surface area contributed by atoms with Gasteiger partial charge < -0.3 is 25.8 Å². The first-order valence-electron chi connectivity index (χ1n) is 15.7. The maximum Gasteiger partial charge on any atom is 0.251 e. The van der Waals surface area contributed by atoms with Crippen LogP contribution in [0.4, 0.5) is 5.69 Å². The Balaban J connectivity index is 1.26. The van der Waals surface area contributed by atoms with Gasteiger partial charge in [0.2, 0.25) is 0 Å². The van der Waals surface area contributed by atoms with E-state index in [1.807, 2.05) is 47.8 Å². The highest BCUT2D eigenvalue weighted by Crippen LogP contribution is 2.46. The molecule has 0 saturated heterocycles. The molecule has 2 heterocycles. The molecule has 1 fully saturated rings. The number of amides is 1. The Bertz CT molecular complexity index is 1570. The smallest absolute Gasteiger partial charge is 0.251 e. The zero-order chi connectivity index (χ0) is 30.5. The molecule has 7 nitrogen and oxygen atoms in total. The Hall–Kier alpha value is -3.72. The Morgan fingerprint density at radius 3 is 2.70 bits per heavy atom. The molecule has 2 aliphatic rings. The third-order valence-electron chi connectivity index (χ3n) is 8.68. The quantitative estimate of drug-likeness (QED) is 0.191. The summed E-state index contributed by atoms with van der Waals surface area (Å²) >= 11 is 1.54. The van der Waals surface area contributed by atoms with Gasteiger partial charge in [0, 0.05) is 47.0 Å². The van der Waals surface area contributed by atoms with E-state index in [2.05, 4.69) is 59.0 Å². The fourth-order valence-electron chi connectivity index (χ4n) is 5.88. The number of fused-ring (bicyclic) bond motifs is 4. The second kappa shape index (κ2) is 13.5. The maximum absolute atomic E-state index is 13.9. The summed E-state index contributed by atoms with van der Waals surface area (Å²) < 4.78 is 6.05. The standard InChI is InChI=1S/C36H42N4O3S/c1-24(2)26-8-6-9-29(20-26)36(11-12-36)39-23-33(41)32-18-25-7-5-10-31(17-25)43-15-4-3-13-37-30-21-27(34(42)40-32)19-28(22-30)35-38-14-16-44-35/h5-10,14,16-17,19-22,24,32-33,37,39,41H,3-4,11-13,15,18,23H2,1-2H3,(H,40,42)/t32-,33+/m0/s1. The Kier molecular flexibility index (Phi) is 9.31. The lowest BCUT2D eigenvalue weighted by atomic mass is 9.95. The van der Waals surface area contributed by atoms with Crippen LogP contribution in [0.5, 0.6) is 5.75 Å². The first-order valence-corrected chi connectivity index (χ1v) is 16.6. The predicted molar refractivity (Wildman–Crippen MR) is 178 cm³/mol. The van der Waals surface area contributed by atoms with Crippen LogP contribution in [-0.4, -0.2) is 47.8 Å². The average Bonchev–Trinajstić information content (AvgIpc) is 3.62. The van der Waals surface area contributed by atoms with E-state index in [1.54, 1.807) is 17.5 Å². The van der Waals surface area contributed by atoms with Crippen LogP contribution >= 0.6 is 11.3 Å². The van der Waals surface area contributed by atoms with E-state index in [4.69, 9.17) is 4.74 Å². The van der Waals surface area contributed by atoms with Crippen molar-refractivity contribution >= 4 is 22.9 Å². The summed E-state index contributed by atoms with van der Waals surface area (Å²) in [6.07, 6.45) is 5.33. The summed E-state index contributed by atoms with van der Waals surface area (Å²) in [5, 5.41) is 24.8. The zero-order valence-electron chi connectivity index (χ0n) is 25.5. The van der Waals surface area contributed by atoms with Gasteiger partial charge in [0.1, 0.15) is 10.8 Å². The van der Waals surface area contributed by atoms with Crippen LogP contribution in [0.3, 0.4) is 0 Å². The van der Waals surface area contributed by atoms with Gasteiger partial charge in [0.15, 0.2) is 0 Å². The molecule has 1 saturated carbocycles. The van der Waals surface area contributed by atoms with Gasteiger partial charge in [-0.15, -0.1) is 11.3 Å². The minimum atomic E-state index is -0.812. The number of aliphatic hydroxyl groups is 1. The van der Waals surface area contributed by atoms with Crippen molar-refractivity contribution in [2.75, 3.05) is 25.0 Å². The lowest BCUT2D eigenvalue weighted by molar-refractivity contribution is 0.0822. The molecule has 8 heteroatoms. The number of carbonyl (C=O) groups is 1. The number of aliphatic hydroxyl groups excluding tert-OH is 1. The molecular weight excluding hydrogens is 568 g/mol. The van der Waals surface area contributed by atoms with E-state index in [-0.39, 0.29) is 11.4 Å². The van der Waals surface area contributed by atoms with Crippen LogP contribution in [0.25, 0.3) is 10.6 Å². The van der Waals surface area contributed by atoms with Crippen molar-refractivity contribution in [3.63, 3.8) is 0 Å². The van der Waals surface area contributed by atoms with Crippen molar-refractivity contribution in [2.24, 2.45) is 0 Å². The molecule has 44 heavy (non-hydrogen) atoms. The van der Waals surface area contributed by atoms with Crippen LogP contribution in [-0.2, 0) is 12.0 Å². The van der Waals surface area contributed by atoms with Gasteiger partial charge >= 0.3 is 0 Å². The third-order valence-corrected chi connectivity index (χ3v) is 9.51. The molecule has 4 N–H and O–H groups in total. The fourth-order valence-corrected chi connectivity index (χ4v) is 6.51. The van der Waals surface area contributed by atoms with Gasteiger partial charge in [-0.05, 0) is 85.0 Å². The van der Waals surface area contributed by atoms with Gasteiger partial charge in [-0.2, -0.15) is 0 Å². The van der Waals surface area contributed by atoms with E-state index < -0.39 is 12.1 Å². The minimum absolute atomic E-state index is 0.134. The van der Waals surface area contributed by atoms with Gasteiger partial charge in [-0.1, -0.05) is 50.2 Å². The predicted octanol–water partition coefficient (Wildman–Crippen LogP) is 6.50. The van der Waals surface area contributed by atoms with E-state index in [0.29, 0.717) is 31.1 Å². The molecule has 4 bridgehead atoms. The number of anilines is 1. The van der Waals surface area contributed by atoms with Crippen LogP contribution in [0, 0.1) is 0 Å². The summed E-state index contributed by atoms with van der Waals surface area (Å²) in [6, 6.07) is 22.1. The van der Waals surface area contributed by atoms with E-state index in [9.17, 15) is 9.90 Å².